The fourth-order valence-electron chi connectivity index (χ4n) is 2.88. The highest BCUT2D eigenvalue weighted by Gasteiger charge is 2.31. The summed E-state index contributed by atoms with van der Waals surface area (Å²) in [5.41, 5.74) is 1.24. The van der Waals surface area contributed by atoms with E-state index in [1.807, 2.05) is 10.9 Å². The van der Waals surface area contributed by atoms with E-state index in [1.54, 1.807) is 0 Å². The number of rotatable bonds is 4. The molecule has 0 unspecified atom stereocenters. The summed E-state index contributed by atoms with van der Waals surface area (Å²) < 4.78 is 6.86. The van der Waals surface area contributed by atoms with Crippen molar-refractivity contribution in [1.29, 1.82) is 0 Å². The maximum absolute atomic E-state index is 11.7. The van der Waals surface area contributed by atoms with Gasteiger partial charge in [0, 0.05) is 30.9 Å². The van der Waals surface area contributed by atoms with Crippen molar-refractivity contribution in [2.24, 2.45) is 11.8 Å². The molecule has 0 radical (unpaired) electrons. The summed E-state index contributed by atoms with van der Waals surface area (Å²) in [6.07, 6.45) is 4.94. The van der Waals surface area contributed by atoms with Crippen molar-refractivity contribution in [1.82, 2.24) is 14.7 Å². The number of nitrogens with zero attached hydrogens (tertiary/aromatic N) is 3. The molecular weight excluding hydrogens is 254 g/mol. The molecule has 20 heavy (non-hydrogen) atoms. The molecule has 1 aromatic rings. The molecule has 1 aliphatic heterocycles. The average molecular weight is 279 g/mol. The van der Waals surface area contributed by atoms with Gasteiger partial charge in [-0.2, -0.15) is 5.10 Å². The SMILES string of the molecule is COC(=O)[C@H]1CCN(Cc2cnn(C(C)C)c2)C[C@@H]1C. The summed E-state index contributed by atoms with van der Waals surface area (Å²) in [6, 6.07) is 0.396. The lowest BCUT2D eigenvalue weighted by Crippen LogP contribution is -2.41. The third-order valence-corrected chi connectivity index (χ3v) is 4.08. The minimum absolute atomic E-state index is 0.0506. The van der Waals surface area contributed by atoms with Gasteiger partial charge in [0.1, 0.15) is 0 Å². The monoisotopic (exact) mass is 279 g/mol. The smallest absolute Gasteiger partial charge is 0.309 e. The first kappa shape index (κ1) is 15.0. The first-order valence-electron chi connectivity index (χ1n) is 7.34. The molecule has 1 aliphatic rings. The second-order valence-corrected chi connectivity index (χ2v) is 6.05. The summed E-state index contributed by atoms with van der Waals surface area (Å²) in [4.78, 5) is 14.1. The Balaban J connectivity index is 1.91. The number of carbonyl (C=O) groups excluding carboxylic acids is 1. The average Bonchev–Trinajstić information content (AvgIpc) is 2.87. The molecular formula is C15H25N3O2. The van der Waals surface area contributed by atoms with Crippen LogP contribution in [0.25, 0.3) is 0 Å². The van der Waals surface area contributed by atoms with Crippen molar-refractivity contribution in [3.05, 3.63) is 18.0 Å². The summed E-state index contributed by atoms with van der Waals surface area (Å²) in [5, 5.41) is 4.37. The van der Waals surface area contributed by atoms with Gasteiger partial charge in [-0.3, -0.25) is 14.4 Å². The predicted molar refractivity (Wildman–Crippen MR) is 77.2 cm³/mol. The van der Waals surface area contributed by atoms with Crippen LogP contribution in [0.15, 0.2) is 12.4 Å². The van der Waals surface area contributed by atoms with Crippen LogP contribution in [0.4, 0.5) is 0 Å². The van der Waals surface area contributed by atoms with Gasteiger partial charge in [0.15, 0.2) is 0 Å². The first-order chi connectivity index (χ1) is 9.51. The van der Waals surface area contributed by atoms with Crippen LogP contribution in [0.1, 0.15) is 38.8 Å². The van der Waals surface area contributed by atoms with E-state index in [1.165, 1.54) is 12.7 Å². The zero-order chi connectivity index (χ0) is 14.7. The Bertz CT molecular complexity index is 456. The van der Waals surface area contributed by atoms with Gasteiger partial charge in [0.05, 0.1) is 19.2 Å². The van der Waals surface area contributed by atoms with Crippen molar-refractivity contribution in [2.45, 2.75) is 39.8 Å². The molecule has 0 N–H and O–H groups in total. The fraction of sp³-hybridized carbons (Fsp3) is 0.733. The highest BCUT2D eigenvalue weighted by atomic mass is 16.5. The van der Waals surface area contributed by atoms with E-state index in [9.17, 15) is 4.79 Å². The Hall–Kier alpha value is -1.36. The third kappa shape index (κ3) is 3.39. The number of aromatic nitrogens is 2. The number of hydrogen-bond acceptors (Lipinski definition) is 4. The predicted octanol–water partition coefficient (Wildman–Crippen LogP) is 2.09. The summed E-state index contributed by atoms with van der Waals surface area (Å²) in [5.74, 6) is 0.329. The fourth-order valence-corrected chi connectivity index (χ4v) is 2.88. The first-order valence-corrected chi connectivity index (χ1v) is 7.34. The molecule has 5 heteroatoms. The Labute approximate surface area is 120 Å². The third-order valence-electron chi connectivity index (χ3n) is 4.08. The van der Waals surface area contributed by atoms with Crippen molar-refractivity contribution < 1.29 is 9.53 Å². The second kappa shape index (κ2) is 6.39. The molecule has 2 heterocycles. The number of ether oxygens (including phenoxy) is 1. The maximum atomic E-state index is 11.7. The van der Waals surface area contributed by atoms with Crippen molar-refractivity contribution in [2.75, 3.05) is 20.2 Å². The quantitative estimate of drug-likeness (QED) is 0.792. The van der Waals surface area contributed by atoms with Crippen LogP contribution < -0.4 is 0 Å². The molecule has 2 atom stereocenters. The lowest BCUT2D eigenvalue weighted by Gasteiger charge is -2.35. The minimum Gasteiger partial charge on any atom is -0.469 e. The van der Waals surface area contributed by atoms with Crippen LogP contribution in [0.5, 0.6) is 0 Å². The van der Waals surface area contributed by atoms with Gasteiger partial charge < -0.3 is 4.74 Å². The molecule has 0 aliphatic carbocycles. The number of hydrogen-bond donors (Lipinski definition) is 0. The molecule has 1 fully saturated rings. The van der Waals surface area contributed by atoms with Gasteiger partial charge in [-0.05, 0) is 32.7 Å². The minimum atomic E-state index is -0.0650. The van der Waals surface area contributed by atoms with E-state index < -0.39 is 0 Å². The number of esters is 1. The van der Waals surface area contributed by atoms with E-state index in [0.717, 1.165) is 26.1 Å². The molecule has 112 valence electrons. The Kier molecular flexibility index (Phi) is 4.81. The highest BCUT2D eigenvalue weighted by molar-refractivity contribution is 5.72. The van der Waals surface area contributed by atoms with Gasteiger partial charge in [0.2, 0.25) is 0 Å². The lowest BCUT2D eigenvalue weighted by molar-refractivity contribution is -0.149. The van der Waals surface area contributed by atoms with Crippen LogP contribution in [-0.2, 0) is 16.1 Å². The van der Waals surface area contributed by atoms with Gasteiger partial charge in [-0.1, -0.05) is 6.92 Å². The van der Waals surface area contributed by atoms with E-state index in [4.69, 9.17) is 4.74 Å². The molecule has 0 amide bonds. The summed E-state index contributed by atoms with van der Waals surface area (Å²) in [6.45, 7) is 9.17. The molecule has 1 saturated heterocycles. The molecule has 5 nitrogen and oxygen atoms in total. The Morgan fingerprint density at radius 1 is 1.55 bits per heavy atom. The van der Waals surface area contributed by atoms with Gasteiger partial charge in [-0.25, -0.2) is 0 Å². The molecule has 0 aromatic carbocycles. The van der Waals surface area contributed by atoms with E-state index in [2.05, 4.69) is 37.0 Å². The molecule has 0 saturated carbocycles. The number of methoxy groups -OCH3 is 1. The number of carbonyl (C=O) groups is 1. The lowest BCUT2D eigenvalue weighted by atomic mass is 9.87. The van der Waals surface area contributed by atoms with Crippen LogP contribution in [0.2, 0.25) is 0 Å². The zero-order valence-corrected chi connectivity index (χ0v) is 12.9. The molecule has 0 spiro atoms. The maximum Gasteiger partial charge on any atom is 0.309 e. The topological polar surface area (TPSA) is 47.4 Å². The second-order valence-electron chi connectivity index (χ2n) is 6.05. The van der Waals surface area contributed by atoms with Crippen molar-refractivity contribution >= 4 is 5.97 Å². The van der Waals surface area contributed by atoms with Crippen molar-refractivity contribution in [3.63, 3.8) is 0 Å². The standard InChI is InChI=1S/C15H25N3O2/c1-11(2)18-10-13(7-16-18)9-17-6-5-14(12(3)8-17)15(19)20-4/h7,10-12,14H,5-6,8-9H2,1-4H3/t12-,14-/m0/s1. The molecule has 0 bridgehead atoms. The van der Waals surface area contributed by atoms with Crippen LogP contribution in [0, 0.1) is 11.8 Å². The zero-order valence-electron chi connectivity index (χ0n) is 12.9. The van der Waals surface area contributed by atoms with Crippen molar-refractivity contribution in [3.8, 4) is 0 Å². The number of piperidine rings is 1. The van der Waals surface area contributed by atoms with Crippen LogP contribution in [-0.4, -0.2) is 40.8 Å². The Morgan fingerprint density at radius 2 is 2.30 bits per heavy atom. The summed E-state index contributed by atoms with van der Waals surface area (Å²) in [7, 11) is 1.47. The van der Waals surface area contributed by atoms with E-state index >= 15 is 0 Å². The summed E-state index contributed by atoms with van der Waals surface area (Å²) >= 11 is 0. The Morgan fingerprint density at radius 3 is 2.85 bits per heavy atom. The molecule has 1 aromatic heterocycles. The van der Waals surface area contributed by atoms with Crippen LogP contribution >= 0.6 is 0 Å². The van der Waals surface area contributed by atoms with E-state index in [0.29, 0.717) is 12.0 Å². The highest BCUT2D eigenvalue weighted by Crippen LogP contribution is 2.25. The normalized spacial score (nSPS) is 24.1. The van der Waals surface area contributed by atoms with Gasteiger partial charge in [0.25, 0.3) is 0 Å². The largest absolute Gasteiger partial charge is 0.469 e. The van der Waals surface area contributed by atoms with Gasteiger partial charge in [-0.15, -0.1) is 0 Å². The van der Waals surface area contributed by atoms with Crippen LogP contribution in [0.3, 0.4) is 0 Å². The molecule has 2 rings (SSSR count). The van der Waals surface area contributed by atoms with E-state index in [-0.39, 0.29) is 11.9 Å². The number of likely N-dealkylation sites (tertiary alicyclic amines) is 1. The van der Waals surface area contributed by atoms with Gasteiger partial charge >= 0.3 is 5.97 Å².